The summed E-state index contributed by atoms with van der Waals surface area (Å²) in [7, 11) is 0. The first-order valence-corrected chi connectivity index (χ1v) is 4.89. The fourth-order valence-corrected chi connectivity index (χ4v) is 1.07. The molecule has 1 aromatic carbocycles. The van der Waals surface area contributed by atoms with Crippen LogP contribution in [0.2, 0.25) is 0 Å². The first-order valence-electron chi connectivity index (χ1n) is 4.89. The van der Waals surface area contributed by atoms with Crippen molar-refractivity contribution in [2.45, 2.75) is 13.8 Å². The number of amides is 1. The van der Waals surface area contributed by atoms with Crippen molar-refractivity contribution in [2.75, 3.05) is 5.32 Å². The lowest BCUT2D eigenvalue weighted by molar-refractivity contribution is -0.111. The summed E-state index contributed by atoms with van der Waals surface area (Å²) < 4.78 is 0. The van der Waals surface area contributed by atoms with Crippen molar-refractivity contribution in [1.29, 1.82) is 0 Å². The molecule has 1 aromatic rings. The van der Waals surface area contributed by atoms with Gasteiger partial charge >= 0.3 is 0 Å². The van der Waals surface area contributed by atoms with Gasteiger partial charge in [-0.15, -0.1) is 0 Å². The van der Waals surface area contributed by atoms with Gasteiger partial charge in [-0.1, -0.05) is 35.9 Å². The van der Waals surface area contributed by atoms with E-state index >= 15 is 0 Å². The Kier molecular flexibility index (Phi) is 4.35. The zero-order chi connectivity index (χ0) is 11.1. The van der Waals surface area contributed by atoms with E-state index in [0.29, 0.717) is 0 Å². The lowest BCUT2D eigenvalue weighted by atomic mass is 10.2. The number of rotatable bonds is 3. The highest BCUT2D eigenvalue weighted by Crippen LogP contribution is 2.08. The number of hydrogen-bond acceptors (Lipinski definition) is 1. The van der Waals surface area contributed by atoms with Crippen LogP contribution in [-0.4, -0.2) is 5.91 Å². The molecule has 0 spiro atoms. The van der Waals surface area contributed by atoms with Gasteiger partial charge in [0.2, 0.25) is 5.91 Å². The highest BCUT2D eigenvalue weighted by Gasteiger charge is 1.95. The van der Waals surface area contributed by atoms with Gasteiger partial charge in [0.25, 0.3) is 0 Å². The number of carbonyl (C=O) groups is 1. The predicted octanol–water partition coefficient (Wildman–Crippen LogP) is 3.07. The maximum atomic E-state index is 11.3. The minimum Gasteiger partial charge on any atom is -0.323 e. The normalized spacial score (nSPS) is 11.1. The average Bonchev–Trinajstić information content (AvgIpc) is 2.22. The molecule has 2 nitrogen and oxygen atoms in total. The van der Waals surface area contributed by atoms with E-state index in [-0.39, 0.29) is 5.91 Å². The van der Waals surface area contributed by atoms with Gasteiger partial charge < -0.3 is 5.32 Å². The molecule has 78 valence electrons. The zero-order valence-corrected chi connectivity index (χ0v) is 9.03. The molecule has 0 heterocycles. The van der Waals surface area contributed by atoms with Crippen LogP contribution in [0.15, 0.2) is 48.6 Å². The van der Waals surface area contributed by atoms with Crippen molar-refractivity contribution >= 4 is 11.6 Å². The van der Waals surface area contributed by atoms with E-state index in [1.54, 1.807) is 6.08 Å². The van der Waals surface area contributed by atoms with E-state index in [4.69, 9.17) is 0 Å². The Morgan fingerprint density at radius 1 is 1.20 bits per heavy atom. The highest BCUT2D eigenvalue weighted by molar-refractivity contribution is 5.99. The molecule has 1 N–H and O–H groups in total. The SMILES string of the molecule is C/C=C/C=C/C(=O)Nc1ccc(C)cc1. The summed E-state index contributed by atoms with van der Waals surface area (Å²) >= 11 is 0. The minimum absolute atomic E-state index is 0.114. The standard InChI is InChI=1S/C13H15NO/c1-3-4-5-6-13(15)14-12-9-7-11(2)8-10-12/h3-10H,1-2H3,(H,14,15)/b4-3+,6-5+. The summed E-state index contributed by atoms with van der Waals surface area (Å²) in [6.45, 7) is 3.92. The van der Waals surface area contributed by atoms with Crippen molar-refractivity contribution in [3.05, 3.63) is 54.1 Å². The molecule has 0 atom stereocenters. The maximum absolute atomic E-state index is 11.3. The quantitative estimate of drug-likeness (QED) is 0.591. The Labute approximate surface area is 90.3 Å². The third kappa shape index (κ3) is 4.27. The summed E-state index contributed by atoms with van der Waals surface area (Å²) in [5.41, 5.74) is 1.99. The van der Waals surface area contributed by atoms with E-state index in [9.17, 15) is 4.79 Å². The topological polar surface area (TPSA) is 29.1 Å². The van der Waals surface area contributed by atoms with Crippen LogP contribution in [-0.2, 0) is 4.79 Å². The molecule has 0 saturated carbocycles. The van der Waals surface area contributed by atoms with Gasteiger partial charge in [-0.05, 0) is 26.0 Å². The summed E-state index contributed by atoms with van der Waals surface area (Å²) in [4.78, 5) is 11.3. The number of nitrogens with one attached hydrogen (secondary N) is 1. The summed E-state index contributed by atoms with van der Waals surface area (Å²) in [6, 6.07) is 7.70. The summed E-state index contributed by atoms with van der Waals surface area (Å²) in [5.74, 6) is -0.114. The first kappa shape index (κ1) is 11.2. The molecule has 0 aliphatic carbocycles. The summed E-state index contributed by atoms with van der Waals surface area (Å²) in [6.07, 6.45) is 6.90. The lowest BCUT2D eigenvalue weighted by Gasteiger charge is -2.01. The van der Waals surface area contributed by atoms with Gasteiger partial charge in [0.15, 0.2) is 0 Å². The van der Waals surface area contributed by atoms with Crippen LogP contribution in [0.5, 0.6) is 0 Å². The molecule has 0 aliphatic rings. The number of anilines is 1. The Morgan fingerprint density at radius 3 is 2.47 bits per heavy atom. The van der Waals surface area contributed by atoms with E-state index in [1.807, 2.05) is 50.3 Å². The van der Waals surface area contributed by atoms with Gasteiger partial charge in [-0.2, -0.15) is 0 Å². The van der Waals surface area contributed by atoms with Crippen molar-refractivity contribution in [1.82, 2.24) is 0 Å². The van der Waals surface area contributed by atoms with Crippen LogP contribution in [0.1, 0.15) is 12.5 Å². The molecule has 15 heavy (non-hydrogen) atoms. The van der Waals surface area contributed by atoms with Crippen LogP contribution < -0.4 is 5.32 Å². The third-order valence-corrected chi connectivity index (χ3v) is 1.87. The van der Waals surface area contributed by atoms with E-state index in [2.05, 4.69) is 5.32 Å². The molecule has 0 radical (unpaired) electrons. The Hall–Kier alpha value is -1.83. The number of allylic oxidation sites excluding steroid dienone is 3. The minimum atomic E-state index is -0.114. The van der Waals surface area contributed by atoms with Crippen molar-refractivity contribution in [3.8, 4) is 0 Å². The van der Waals surface area contributed by atoms with E-state index in [1.165, 1.54) is 11.6 Å². The molecule has 2 heteroatoms. The van der Waals surface area contributed by atoms with Gasteiger partial charge in [0, 0.05) is 11.8 Å². The molecule has 0 fully saturated rings. The Bertz CT molecular complexity index is 374. The van der Waals surface area contributed by atoms with Crippen LogP contribution in [0, 0.1) is 6.92 Å². The van der Waals surface area contributed by atoms with Gasteiger partial charge in [0.05, 0.1) is 0 Å². The number of aryl methyl sites for hydroxylation is 1. The van der Waals surface area contributed by atoms with Crippen molar-refractivity contribution in [2.24, 2.45) is 0 Å². The molecule has 0 aliphatic heterocycles. The second-order valence-corrected chi connectivity index (χ2v) is 3.24. The van der Waals surface area contributed by atoms with Crippen LogP contribution in [0.25, 0.3) is 0 Å². The zero-order valence-electron chi connectivity index (χ0n) is 9.03. The molecule has 0 unspecified atom stereocenters. The molecular formula is C13H15NO. The summed E-state index contributed by atoms with van der Waals surface area (Å²) in [5, 5.41) is 2.77. The van der Waals surface area contributed by atoms with Crippen LogP contribution in [0.3, 0.4) is 0 Å². The number of benzene rings is 1. The highest BCUT2D eigenvalue weighted by atomic mass is 16.1. The predicted molar refractivity (Wildman–Crippen MR) is 63.8 cm³/mol. The first-order chi connectivity index (χ1) is 7.22. The second kappa shape index (κ2) is 5.81. The molecular weight excluding hydrogens is 186 g/mol. The number of carbonyl (C=O) groups excluding carboxylic acids is 1. The second-order valence-electron chi connectivity index (χ2n) is 3.24. The molecule has 0 saturated heterocycles. The smallest absolute Gasteiger partial charge is 0.248 e. The van der Waals surface area contributed by atoms with E-state index < -0.39 is 0 Å². The van der Waals surface area contributed by atoms with Gasteiger partial charge in [-0.3, -0.25) is 4.79 Å². The fourth-order valence-electron chi connectivity index (χ4n) is 1.07. The van der Waals surface area contributed by atoms with Gasteiger partial charge in [-0.25, -0.2) is 0 Å². The van der Waals surface area contributed by atoms with E-state index in [0.717, 1.165) is 5.69 Å². The molecule has 1 amide bonds. The van der Waals surface area contributed by atoms with Crippen molar-refractivity contribution < 1.29 is 4.79 Å². The Morgan fingerprint density at radius 2 is 1.87 bits per heavy atom. The van der Waals surface area contributed by atoms with Crippen molar-refractivity contribution in [3.63, 3.8) is 0 Å². The fraction of sp³-hybridized carbons (Fsp3) is 0.154. The lowest BCUT2D eigenvalue weighted by Crippen LogP contribution is -2.07. The maximum Gasteiger partial charge on any atom is 0.248 e. The van der Waals surface area contributed by atoms with Crippen LogP contribution in [0.4, 0.5) is 5.69 Å². The molecule has 0 bridgehead atoms. The number of hydrogen-bond donors (Lipinski definition) is 1. The van der Waals surface area contributed by atoms with Gasteiger partial charge in [0.1, 0.15) is 0 Å². The monoisotopic (exact) mass is 201 g/mol. The van der Waals surface area contributed by atoms with Crippen LogP contribution >= 0.6 is 0 Å². The largest absolute Gasteiger partial charge is 0.323 e. The average molecular weight is 201 g/mol. The Balaban J connectivity index is 2.55. The third-order valence-electron chi connectivity index (χ3n) is 1.87. The molecule has 1 rings (SSSR count). The molecule has 0 aromatic heterocycles.